The summed E-state index contributed by atoms with van der Waals surface area (Å²) in [5.74, 6) is -0.796. The number of anilines is 1. The van der Waals surface area contributed by atoms with Crippen molar-refractivity contribution in [1.82, 2.24) is 14.8 Å². The molecule has 0 spiro atoms. The van der Waals surface area contributed by atoms with E-state index in [1.807, 2.05) is 6.26 Å². The summed E-state index contributed by atoms with van der Waals surface area (Å²) < 4.78 is 8.13. The van der Waals surface area contributed by atoms with E-state index in [1.165, 1.54) is 29.3 Å². The van der Waals surface area contributed by atoms with Crippen molar-refractivity contribution >= 4 is 64.6 Å². The van der Waals surface area contributed by atoms with Crippen molar-refractivity contribution < 1.29 is 14.3 Å². The molecule has 1 aromatic carbocycles. The minimum Gasteiger partial charge on any atom is -0.452 e. The fraction of sp³-hybridized carbons (Fsp3) is 0.118. The van der Waals surface area contributed by atoms with Gasteiger partial charge in [0.05, 0.1) is 16.3 Å². The first-order chi connectivity index (χ1) is 13.5. The van der Waals surface area contributed by atoms with Crippen molar-refractivity contribution in [2.45, 2.75) is 4.34 Å². The smallest absolute Gasteiger partial charge is 0.338 e. The van der Waals surface area contributed by atoms with Crippen LogP contribution in [0.25, 0.3) is 5.69 Å². The Bertz CT molecular complexity index is 1050. The van der Waals surface area contributed by atoms with Crippen molar-refractivity contribution in [3.05, 3.63) is 57.1 Å². The van der Waals surface area contributed by atoms with Crippen molar-refractivity contribution in [3.8, 4) is 5.69 Å². The molecule has 0 unspecified atom stereocenters. The van der Waals surface area contributed by atoms with Gasteiger partial charge in [0.1, 0.15) is 5.82 Å². The first-order valence-corrected chi connectivity index (χ1v) is 10.6. The highest BCUT2D eigenvalue weighted by atomic mass is 35.5. The third-order valence-corrected chi connectivity index (χ3v) is 5.81. The monoisotopic (exact) mass is 452 g/mol. The maximum atomic E-state index is 12.1. The average Bonchev–Trinajstić information content (AvgIpc) is 3.09. The van der Waals surface area contributed by atoms with Gasteiger partial charge in [-0.15, -0.1) is 5.10 Å². The number of aromatic nitrogens is 3. The lowest BCUT2D eigenvalue weighted by Gasteiger charge is -2.07. The SMILES string of the molecule is CSc1nn(-c2ccc(C(=O)OCC(=O)Nc3ccc(Cl)cn3)cc2)c(=S)s1. The number of hydrogen-bond acceptors (Lipinski definition) is 8. The highest BCUT2D eigenvalue weighted by Crippen LogP contribution is 2.22. The molecule has 0 aliphatic carbocycles. The van der Waals surface area contributed by atoms with Gasteiger partial charge in [-0.1, -0.05) is 34.7 Å². The Morgan fingerprint density at radius 1 is 1.29 bits per heavy atom. The molecule has 7 nitrogen and oxygen atoms in total. The van der Waals surface area contributed by atoms with Crippen LogP contribution in [0.1, 0.15) is 10.4 Å². The van der Waals surface area contributed by atoms with E-state index in [2.05, 4.69) is 15.4 Å². The summed E-state index contributed by atoms with van der Waals surface area (Å²) in [5, 5.41) is 7.35. The third-order valence-electron chi connectivity index (χ3n) is 3.38. The van der Waals surface area contributed by atoms with E-state index in [9.17, 15) is 9.59 Å². The van der Waals surface area contributed by atoms with Crippen LogP contribution in [0.3, 0.4) is 0 Å². The molecule has 0 aliphatic rings. The number of thioether (sulfide) groups is 1. The van der Waals surface area contributed by atoms with Gasteiger partial charge in [-0.05, 0) is 54.9 Å². The topological polar surface area (TPSA) is 86.1 Å². The number of ether oxygens (including phenoxy) is 1. The number of halogens is 1. The normalized spacial score (nSPS) is 10.5. The first-order valence-electron chi connectivity index (χ1n) is 7.79. The molecular formula is C17H13ClN4O3S3. The minimum atomic E-state index is -0.613. The first kappa shape index (κ1) is 20.5. The summed E-state index contributed by atoms with van der Waals surface area (Å²) in [6.07, 6.45) is 3.33. The molecule has 28 heavy (non-hydrogen) atoms. The molecule has 2 heterocycles. The molecule has 0 atom stereocenters. The number of nitrogens with one attached hydrogen (secondary N) is 1. The molecule has 1 N–H and O–H groups in total. The molecule has 0 saturated carbocycles. The van der Waals surface area contributed by atoms with Gasteiger partial charge in [0.25, 0.3) is 5.91 Å². The number of esters is 1. The second-order valence-corrected chi connectivity index (χ2v) is 8.40. The number of carbonyl (C=O) groups is 2. The molecule has 0 saturated heterocycles. The molecule has 0 fully saturated rings. The van der Waals surface area contributed by atoms with Gasteiger partial charge in [-0.25, -0.2) is 14.5 Å². The lowest BCUT2D eigenvalue weighted by molar-refractivity contribution is -0.119. The van der Waals surface area contributed by atoms with Crippen LogP contribution in [0.4, 0.5) is 5.82 Å². The maximum Gasteiger partial charge on any atom is 0.338 e. The molecule has 0 bridgehead atoms. The standard InChI is InChI=1S/C17H13ClN4O3S3/c1-27-16-21-22(17(26)28-16)12-5-2-10(3-6-12)15(24)25-9-14(23)20-13-7-4-11(18)8-19-13/h2-8H,9H2,1H3,(H,19,20,23). The van der Waals surface area contributed by atoms with Gasteiger partial charge < -0.3 is 10.1 Å². The summed E-state index contributed by atoms with van der Waals surface area (Å²) in [7, 11) is 0. The average molecular weight is 453 g/mol. The summed E-state index contributed by atoms with van der Waals surface area (Å²) in [4.78, 5) is 27.9. The Morgan fingerprint density at radius 3 is 2.64 bits per heavy atom. The van der Waals surface area contributed by atoms with Gasteiger partial charge in [0, 0.05) is 6.20 Å². The Hall–Kier alpha value is -2.27. The number of carbonyl (C=O) groups excluding carboxylic acids is 2. The predicted octanol–water partition coefficient (Wildman–Crippen LogP) is 4.23. The van der Waals surface area contributed by atoms with Crippen molar-refractivity contribution in [2.75, 3.05) is 18.2 Å². The van der Waals surface area contributed by atoms with Crippen LogP contribution in [0.2, 0.25) is 5.02 Å². The lowest BCUT2D eigenvalue weighted by Crippen LogP contribution is -2.21. The molecule has 3 rings (SSSR count). The van der Waals surface area contributed by atoms with Crippen molar-refractivity contribution in [1.29, 1.82) is 0 Å². The second kappa shape index (κ2) is 9.28. The zero-order chi connectivity index (χ0) is 20.1. The van der Waals surface area contributed by atoms with E-state index in [4.69, 9.17) is 28.6 Å². The predicted molar refractivity (Wildman–Crippen MR) is 112 cm³/mol. The van der Waals surface area contributed by atoms with Crippen LogP contribution < -0.4 is 5.32 Å². The fourth-order valence-corrected chi connectivity index (χ4v) is 3.98. The highest BCUT2D eigenvalue weighted by Gasteiger charge is 2.12. The molecule has 0 aliphatic heterocycles. The highest BCUT2D eigenvalue weighted by molar-refractivity contribution is 8.00. The Kier molecular flexibility index (Phi) is 6.79. The van der Waals surface area contributed by atoms with Crippen LogP contribution in [-0.4, -0.2) is 39.5 Å². The number of pyridine rings is 1. The lowest BCUT2D eigenvalue weighted by atomic mass is 10.2. The van der Waals surface area contributed by atoms with Crippen LogP contribution in [0.15, 0.2) is 46.9 Å². The van der Waals surface area contributed by atoms with Gasteiger partial charge in [-0.2, -0.15) is 0 Å². The molecule has 2 aromatic heterocycles. The molecular weight excluding hydrogens is 440 g/mol. The maximum absolute atomic E-state index is 12.1. The zero-order valence-corrected chi connectivity index (χ0v) is 17.6. The summed E-state index contributed by atoms with van der Waals surface area (Å²) in [6.45, 7) is -0.431. The molecule has 144 valence electrons. The number of rotatable bonds is 6. The Labute approximate surface area is 178 Å². The summed E-state index contributed by atoms with van der Waals surface area (Å²) in [6, 6.07) is 9.76. The van der Waals surface area contributed by atoms with Gasteiger partial charge >= 0.3 is 5.97 Å². The van der Waals surface area contributed by atoms with E-state index in [0.29, 0.717) is 20.4 Å². The Balaban J connectivity index is 1.58. The molecule has 1 amide bonds. The van der Waals surface area contributed by atoms with Gasteiger partial charge in [0.15, 0.2) is 14.9 Å². The number of nitrogens with zero attached hydrogens (tertiary/aromatic N) is 3. The fourth-order valence-electron chi connectivity index (χ4n) is 2.09. The minimum absolute atomic E-state index is 0.313. The molecule has 3 aromatic rings. The largest absolute Gasteiger partial charge is 0.452 e. The van der Waals surface area contributed by atoms with Gasteiger partial charge in [-0.3, -0.25) is 4.79 Å². The van der Waals surface area contributed by atoms with Crippen LogP contribution in [-0.2, 0) is 9.53 Å². The second-order valence-electron chi connectivity index (χ2n) is 5.28. The number of hydrogen-bond donors (Lipinski definition) is 1. The van der Waals surface area contributed by atoms with Crippen LogP contribution in [0.5, 0.6) is 0 Å². The third kappa shape index (κ3) is 5.16. The van der Waals surface area contributed by atoms with Crippen LogP contribution in [0, 0.1) is 3.95 Å². The zero-order valence-electron chi connectivity index (χ0n) is 14.4. The molecule has 11 heteroatoms. The van der Waals surface area contributed by atoms with Gasteiger partial charge in [0.2, 0.25) is 0 Å². The van der Waals surface area contributed by atoms with E-state index in [1.54, 1.807) is 41.1 Å². The number of benzene rings is 1. The summed E-state index contributed by atoms with van der Waals surface area (Å²) >= 11 is 14.0. The van der Waals surface area contributed by atoms with Crippen LogP contribution >= 0.6 is 46.9 Å². The van der Waals surface area contributed by atoms with E-state index in [0.717, 1.165) is 10.0 Å². The number of amides is 1. The van der Waals surface area contributed by atoms with E-state index >= 15 is 0 Å². The summed E-state index contributed by atoms with van der Waals surface area (Å²) in [5.41, 5.74) is 1.05. The van der Waals surface area contributed by atoms with Crippen molar-refractivity contribution in [3.63, 3.8) is 0 Å². The van der Waals surface area contributed by atoms with E-state index in [-0.39, 0.29) is 0 Å². The van der Waals surface area contributed by atoms with Crippen molar-refractivity contribution in [2.24, 2.45) is 0 Å². The van der Waals surface area contributed by atoms with E-state index < -0.39 is 18.5 Å². The quantitative estimate of drug-likeness (QED) is 0.340. The Morgan fingerprint density at radius 2 is 2.04 bits per heavy atom. The molecule has 0 radical (unpaired) electrons.